The summed E-state index contributed by atoms with van der Waals surface area (Å²) in [7, 11) is 19.7. The number of anilines is 2. The van der Waals surface area contributed by atoms with Gasteiger partial charge >= 0.3 is 61.0 Å². The van der Waals surface area contributed by atoms with Crippen molar-refractivity contribution < 1.29 is 29.9 Å². The van der Waals surface area contributed by atoms with Gasteiger partial charge in [-0.05, 0) is 36.4 Å². The molecule has 4 aromatic carbocycles. The molecule has 2 amide bonds. The summed E-state index contributed by atoms with van der Waals surface area (Å²) < 4.78 is 10.3. The summed E-state index contributed by atoms with van der Waals surface area (Å²) in [5, 5.41) is 23.4. The molecule has 0 fully saturated rings. The third-order valence-electron chi connectivity index (χ3n) is 5.32. The van der Waals surface area contributed by atoms with Gasteiger partial charge in [0.25, 0.3) is 11.8 Å². The number of nitrogens with one attached hydrogen (secondary N) is 2. The van der Waals surface area contributed by atoms with Crippen molar-refractivity contribution in [2.75, 3.05) is 24.9 Å². The van der Waals surface area contributed by atoms with Crippen LogP contribution < -0.4 is 20.1 Å². The average molecular weight is 785 g/mol. The van der Waals surface area contributed by atoms with E-state index in [-0.39, 0.29) is 33.2 Å². The normalized spacial score (nSPS) is 9.91. The van der Waals surface area contributed by atoms with Crippen molar-refractivity contribution in [2.24, 2.45) is 0 Å². The van der Waals surface area contributed by atoms with Crippen molar-refractivity contribution in [3.8, 4) is 11.5 Å². The third-order valence-corrected chi connectivity index (χ3v) is 5.93. The van der Waals surface area contributed by atoms with Crippen molar-refractivity contribution in [3.63, 3.8) is 0 Å². The van der Waals surface area contributed by atoms with Gasteiger partial charge in [-0.15, -0.1) is 0 Å². The molecule has 0 radical (unpaired) electrons. The zero-order chi connectivity index (χ0) is 33.6. The van der Waals surface area contributed by atoms with E-state index in [1.807, 2.05) is 12.1 Å². The Bertz CT molecular complexity index is 1590. The van der Waals surface area contributed by atoms with Gasteiger partial charge in [0.1, 0.15) is 10.0 Å². The molecule has 0 heterocycles. The molecule has 0 aliphatic rings. The Kier molecular flexibility index (Phi) is 15.6. The minimum atomic E-state index is -3.36. The molecule has 4 aromatic rings. The molecule has 0 spiro atoms. The summed E-state index contributed by atoms with van der Waals surface area (Å²) in [5.41, 5.74) is 2.17. The molecule has 0 bridgehead atoms. The fraction of sp³-hybridized carbons (Fsp3) is 0.0714. The van der Waals surface area contributed by atoms with Crippen molar-refractivity contribution in [1.29, 1.82) is 10.8 Å². The molecule has 17 heteroatoms. The monoisotopic (exact) mass is 780 g/mol. The Morgan fingerprint density at radius 1 is 0.644 bits per heavy atom. The van der Waals surface area contributed by atoms with Crippen LogP contribution in [0.3, 0.4) is 0 Å². The second kappa shape index (κ2) is 18.6. The Morgan fingerprint density at radius 2 is 0.956 bits per heavy atom. The van der Waals surface area contributed by atoms with E-state index >= 15 is 0 Å². The summed E-state index contributed by atoms with van der Waals surface area (Å²) in [6.07, 6.45) is 0. The van der Waals surface area contributed by atoms with Crippen LogP contribution in [-0.2, 0) is 10.8 Å². The first-order chi connectivity index (χ1) is 21.3. The number of hydrogen-bond acceptors (Lipinski definition) is 6. The van der Waals surface area contributed by atoms with E-state index in [1.165, 1.54) is 38.5 Å². The second-order valence-corrected chi connectivity index (χ2v) is 37.0. The van der Waals surface area contributed by atoms with Crippen LogP contribution in [0.25, 0.3) is 9.95 Å². The maximum atomic E-state index is 12.1. The molecule has 0 saturated heterocycles. The number of carbonyl (C=O) groups is 2. The molecule has 0 aliphatic heterocycles. The van der Waals surface area contributed by atoms with Crippen LogP contribution in [0.1, 0.15) is 20.7 Å². The van der Waals surface area contributed by atoms with Crippen LogP contribution in [0.4, 0.5) is 22.7 Å². The Balaban J connectivity index is 0.000000273. The average Bonchev–Trinajstić information content (AvgIpc) is 3.01. The van der Waals surface area contributed by atoms with Crippen molar-refractivity contribution in [1.82, 2.24) is 0 Å². The van der Waals surface area contributed by atoms with Gasteiger partial charge in [-0.1, -0.05) is 59.6 Å². The predicted molar refractivity (Wildman–Crippen MR) is 178 cm³/mol. The number of rotatable bonds is 6. The van der Waals surface area contributed by atoms with Crippen LogP contribution in [0.2, 0.25) is 10.0 Å². The zero-order valence-corrected chi connectivity index (χ0v) is 31.0. The summed E-state index contributed by atoms with van der Waals surface area (Å²) in [4.78, 5) is 30.2. The number of carbonyl (C=O) groups excluding carboxylic acids is 2. The van der Waals surface area contributed by atoms with E-state index in [2.05, 4.69) is 20.6 Å². The summed E-state index contributed by atoms with van der Waals surface area (Å²) in [6, 6.07) is 23.3. The van der Waals surface area contributed by atoms with Crippen LogP contribution in [-0.4, -0.2) is 26.0 Å². The van der Waals surface area contributed by atoms with Gasteiger partial charge in [-0.3, -0.25) is 9.59 Å². The molecule has 4 rings (SSSR count). The number of diazo groups is 2. The van der Waals surface area contributed by atoms with Crippen molar-refractivity contribution in [2.45, 2.75) is 0 Å². The molecule has 2 N–H and O–H groups in total. The summed E-state index contributed by atoms with van der Waals surface area (Å²) >= 11 is 11.9. The van der Waals surface area contributed by atoms with E-state index in [4.69, 9.17) is 82.2 Å². The van der Waals surface area contributed by atoms with Crippen LogP contribution in [0.15, 0.2) is 84.9 Å². The van der Waals surface area contributed by atoms with Gasteiger partial charge in [0.2, 0.25) is 10.8 Å². The molecule has 10 nitrogen and oxygen atoms in total. The van der Waals surface area contributed by atoms with Crippen molar-refractivity contribution in [3.05, 3.63) is 116 Å². The molecule has 232 valence electrons. The van der Waals surface area contributed by atoms with E-state index in [0.29, 0.717) is 34.0 Å². The number of hydrogen-bond donors (Lipinski definition) is 2. The number of ether oxygens (including phenoxy) is 2. The summed E-state index contributed by atoms with van der Waals surface area (Å²) in [5.74, 6) is 0.139. The topological polar surface area (TPSA) is 133 Å². The van der Waals surface area contributed by atoms with Gasteiger partial charge in [0, 0.05) is 11.1 Å². The van der Waals surface area contributed by atoms with Gasteiger partial charge in [-0.2, -0.15) is 0 Å². The maximum absolute atomic E-state index is 12.1. The second-order valence-electron chi connectivity index (χ2n) is 8.45. The predicted octanol–water partition coefficient (Wildman–Crippen LogP) is 10.9. The Hall–Kier alpha value is -3.38. The van der Waals surface area contributed by atoms with Gasteiger partial charge in [-0.25, -0.2) is 0 Å². The van der Waals surface area contributed by atoms with Gasteiger partial charge in [0.05, 0.1) is 37.7 Å². The first-order valence-electron chi connectivity index (χ1n) is 12.6. The van der Waals surface area contributed by atoms with Gasteiger partial charge < -0.3 is 20.1 Å². The molecule has 0 saturated carbocycles. The molecule has 0 aromatic heterocycles. The number of methoxy groups -OCH3 is 2. The number of benzene rings is 4. The molecule has 0 aliphatic carbocycles. The molecule has 0 unspecified atom stereocenters. The Labute approximate surface area is 287 Å². The molecule has 0 atom stereocenters. The quantitative estimate of drug-likeness (QED) is 0.148. The molecular formula is C28H22Cl6N6O4Zn. The van der Waals surface area contributed by atoms with E-state index in [9.17, 15) is 9.59 Å². The number of nitrogens with zero attached hydrogens (tertiary/aromatic N) is 4. The van der Waals surface area contributed by atoms with E-state index < -0.39 is 10.8 Å². The SMILES string of the molecule is COc1cc([N+]#N)c(Cl)cc1NC(=O)c1ccccc1.COc1cc([N+]#N)c(Cl)cc1NC(=O)c1ccccc1.[Cl][Zn-2]([Cl])([Cl])[Cl]. The number of amides is 2. The van der Waals surface area contributed by atoms with Crippen LogP contribution in [0.5, 0.6) is 11.5 Å². The van der Waals surface area contributed by atoms with Crippen LogP contribution >= 0.6 is 62.0 Å². The first-order valence-corrected chi connectivity index (χ1v) is 28.9. The molecular weight excluding hydrogens is 762 g/mol. The number of halogens is 6. The standard InChI is InChI=1S/2C14H10ClN3O2.4ClH.Zn/c2*1-20-13-8-11(18-16)10(15)7-12(13)17-14(19)9-5-3-2-4-6-9;;;;;/h2*2-8H,1H3;4*1H;/q;;;;;;+2/p-2. The minimum absolute atomic E-state index is 0.168. The Morgan fingerprint density at radius 3 is 1.22 bits per heavy atom. The zero-order valence-electron chi connectivity index (χ0n) is 23.5. The fourth-order valence-corrected chi connectivity index (χ4v) is 3.74. The van der Waals surface area contributed by atoms with Crippen LogP contribution in [0, 0.1) is 10.8 Å². The fourth-order valence-electron chi connectivity index (χ4n) is 3.34. The molecule has 45 heavy (non-hydrogen) atoms. The summed E-state index contributed by atoms with van der Waals surface area (Å²) in [6.45, 7) is 0. The van der Waals surface area contributed by atoms with Gasteiger partial charge in [0.15, 0.2) is 21.5 Å². The third kappa shape index (κ3) is 12.9. The first kappa shape index (κ1) is 37.8. The van der Waals surface area contributed by atoms with E-state index in [1.54, 1.807) is 48.5 Å². The van der Waals surface area contributed by atoms with E-state index in [0.717, 1.165) is 0 Å². The van der Waals surface area contributed by atoms with Crippen molar-refractivity contribution >= 4 is 96.5 Å².